The summed E-state index contributed by atoms with van der Waals surface area (Å²) in [7, 11) is 0. The average molecular weight is 323 g/mol. The van der Waals surface area contributed by atoms with Crippen LogP contribution in [0.3, 0.4) is 0 Å². The smallest absolute Gasteiger partial charge is 0.103 e. The molecule has 0 unspecified atom stereocenters. The summed E-state index contributed by atoms with van der Waals surface area (Å²) in [5.41, 5.74) is 1.12. The molecule has 2 aromatic carbocycles. The van der Waals surface area contributed by atoms with Gasteiger partial charge in [0.2, 0.25) is 0 Å². The highest BCUT2D eigenvalue weighted by molar-refractivity contribution is 6.46. The van der Waals surface area contributed by atoms with Gasteiger partial charge in [-0.3, -0.25) is 0 Å². The van der Waals surface area contributed by atoms with E-state index in [1.54, 1.807) is 12.1 Å². The SMILES string of the molecule is N#Cc1c(Cl)c(Cl)c(C#N)c(Nc2ccccc2)c1Cl. The molecule has 0 aliphatic carbocycles. The highest BCUT2D eigenvalue weighted by Crippen LogP contribution is 2.41. The van der Waals surface area contributed by atoms with Gasteiger partial charge in [0.1, 0.15) is 12.1 Å². The van der Waals surface area contributed by atoms with E-state index in [1.807, 2.05) is 30.3 Å². The summed E-state index contributed by atoms with van der Waals surface area (Å²) >= 11 is 18.1. The molecule has 0 saturated heterocycles. The molecule has 20 heavy (non-hydrogen) atoms. The average Bonchev–Trinajstić information content (AvgIpc) is 2.47. The minimum atomic E-state index is -0.0191. The van der Waals surface area contributed by atoms with Gasteiger partial charge >= 0.3 is 0 Å². The number of hydrogen-bond acceptors (Lipinski definition) is 3. The van der Waals surface area contributed by atoms with E-state index < -0.39 is 0 Å². The lowest BCUT2D eigenvalue weighted by molar-refractivity contribution is 1.43. The van der Waals surface area contributed by atoms with Crippen LogP contribution in [0.5, 0.6) is 0 Å². The molecule has 0 aromatic heterocycles. The molecule has 0 radical (unpaired) electrons. The number of benzene rings is 2. The van der Waals surface area contributed by atoms with Crippen LogP contribution in [0.25, 0.3) is 0 Å². The second-order valence-corrected chi connectivity index (χ2v) is 4.92. The molecule has 0 aliphatic rings. The Bertz CT molecular complexity index is 743. The van der Waals surface area contributed by atoms with Crippen LogP contribution >= 0.6 is 34.8 Å². The zero-order valence-electron chi connectivity index (χ0n) is 9.92. The molecule has 0 aliphatic heterocycles. The standard InChI is InChI=1S/C14H6Cl3N3/c15-11-9(6-18)13(17)14(10(7-19)12(11)16)20-8-4-2-1-3-5-8/h1-5,20H. The Morgan fingerprint density at radius 2 is 1.35 bits per heavy atom. The predicted molar refractivity (Wildman–Crippen MR) is 80.6 cm³/mol. The molecule has 0 heterocycles. The maximum absolute atomic E-state index is 9.22. The number of nitriles is 2. The van der Waals surface area contributed by atoms with Crippen molar-refractivity contribution in [3.8, 4) is 12.1 Å². The predicted octanol–water partition coefficient (Wildman–Crippen LogP) is 5.13. The van der Waals surface area contributed by atoms with E-state index in [4.69, 9.17) is 40.1 Å². The van der Waals surface area contributed by atoms with Gasteiger partial charge in [-0.25, -0.2) is 0 Å². The zero-order chi connectivity index (χ0) is 14.7. The normalized spacial score (nSPS) is 9.65. The number of anilines is 2. The topological polar surface area (TPSA) is 59.6 Å². The van der Waals surface area contributed by atoms with Crippen LogP contribution < -0.4 is 5.32 Å². The lowest BCUT2D eigenvalue weighted by Gasteiger charge is -2.14. The van der Waals surface area contributed by atoms with Crippen molar-refractivity contribution in [2.75, 3.05) is 5.32 Å². The highest BCUT2D eigenvalue weighted by Gasteiger charge is 2.21. The first kappa shape index (κ1) is 14.5. The third-order valence-electron chi connectivity index (χ3n) is 2.59. The molecule has 0 bridgehead atoms. The maximum Gasteiger partial charge on any atom is 0.103 e. The van der Waals surface area contributed by atoms with Gasteiger partial charge < -0.3 is 5.32 Å². The summed E-state index contributed by atoms with van der Waals surface area (Å²) < 4.78 is 0. The van der Waals surface area contributed by atoms with Crippen molar-refractivity contribution < 1.29 is 0 Å². The van der Waals surface area contributed by atoms with E-state index in [-0.39, 0.29) is 31.9 Å². The molecular weight excluding hydrogens is 317 g/mol. The second-order valence-electron chi connectivity index (χ2n) is 3.78. The molecule has 0 spiro atoms. The molecule has 2 rings (SSSR count). The monoisotopic (exact) mass is 321 g/mol. The number of nitrogens with one attached hydrogen (secondary N) is 1. The Balaban J connectivity index is 2.67. The third-order valence-corrected chi connectivity index (χ3v) is 3.82. The first-order valence-electron chi connectivity index (χ1n) is 5.42. The van der Waals surface area contributed by atoms with Gasteiger partial charge in [-0.1, -0.05) is 53.0 Å². The van der Waals surface area contributed by atoms with Gasteiger partial charge in [0.25, 0.3) is 0 Å². The van der Waals surface area contributed by atoms with E-state index in [0.717, 1.165) is 0 Å². The van der Waals surface area contributed by atoms with Crippen molar-refractivity contribution in [2.45, 2.75) is 0 Å². The largest absolute Gasteiger partial charge is 0.353 e. The minimum Gasteiger partial charge on any atom is -0.353 e. The Labute approximate surface area is 130 Å². The Hall–Kier alpha value is -1.91. The summed E-state index contributed by atoms with van der Waals surface area (Å²) in [4.78, 5) is 0. The van der Waals surface area contributed by atoms with E-state index in [9.17, 15) is 5.26 Å². The minimum absolute atomic E-state index is 0.00791. The van der Waals surface area contributed by atoms with Gasteiger partial charge in [0, 0.05) is 5.69 Å². The van der Waals surface area contributed by atoms with Crippen LogP contribution in [0.2, 0.25) is 15.1 Å². The summed E-state index contributed by atoms with van der Waals surface area (Å²) in [6.45, 7) is 0. The third kappa shape index (κ3) is 2.53. The van der Waals surface area contributed by atoms with Crippen LogP contribution in [-0.4, -0.2) is 0 Å². The molecule has 0 saturated carbocycles. The van der Waals surface area contributed by atoms with Crippen LogP contribution in [0.15, 0.2) is 30.3 Å². The molecule has 3 nitrogen and oxygen atoms in total. The molecule has 1 N–H and O–H groups in total. The summed E-state index contributed by atoms with van der Waals surface area (Å²) in [5, 5.41) is 21.4. The van der Waals surface area contributed by atoms with Crippen molar-refractivity contribution in [1.29, 1.82) is 10.5 Å². The fourth-order valence-electron chi connectivity index (χ4n) is 1.65. The van der Waals surface area contributed by atoms with Crippen LogP contribution in [0, 0.1) is 22.7 Å². The molecule has 0 amide bonds. The van der Waals surface area contributed by atoms with Gasteiger partial charge in [0.05, 0.1) is 31.9 Å². The fraction of sp³-hybridized carbons (Fsp3) is 0. The summed E-state index contributed by atoms with van der Waals surface area (Å²) in [5.74, 6) is 0. The zero-order valence-corrected chi connectivity index (χ0v) is 12.2. The second kappa shape index (κ2) is 6.03. The van der Waals surface area contributed by atoms with E-state index in [2.05, 4.69) is 5.32 Å². The maximum atomic E-state index is 9.22. The lowest BCUT2D eigenvalue weighted by Crippen LogP contribution is -1.98. The van der Waals surface area contributed by atoms with Crippen LogP contribution in [-0.2, 0) is 0 Å². The van der Waals surface area contributed by atoms with Gasteiger partial charge in [-0.2, -0.15) is 10.5 Å². The van der Waals surface area contributed by atoms with Gasteiger partial charge in [0.15, 0.2) is 0 Å². The van der Waals surface area contributed by atoms with E-state index >= 15 is 0 Å². The first-order chi connectivity index (χ1) is 9.60. The van der Waals surface area contributed by atoms with Crippen molar-refractivity contribution in [2.24, 2.45) is 0 Å². The summed E-state index contributed by atoms with van der Waals surface area (Å²) in [6, 6.07) is 12.9. The number of hydrogen-bond donors (Lipinski definition) is 1. The Morgan fingerprint density at radius 3 is 1.90 bits per heavy atom. The van der Waals surface area contributed by atoms with E-state index in [0.29, 0.717) is 5.69 Å². The molecule has 98 valence electrons. The van der Waals surface area contributed by atoms with Crippen molar-refractivity contribution in [3.63, 3.8) is 0 Å². The number of para-hydroxylation sites is 1. The van der Waals surface area contributed by atoms with Crippen molar-refractivity contribution in [1.82, 2.24) is 0 Å². The van der Waals surface area contributed by atoms with Crippen LogP contribution in [0.4, 0.5) is 11.4 Å². The Morgan fingerprint density at radius 1 is 0.800 bits per heavy atom. The van der Waals surface area contributed by atoms with Crippen molar-refractivity contribution in [3.05, 3.63) is 56.5 Å². The number of nitrogens with zero attached hydrogens (tertiary/aromatic N) is 2. The first-order valence-corrected chi connectivity index (χ1v) is 6.56. The molecule has 0 atom stereocenters. The Kier molecular flexibility index (Phi) is 4.37. The molecular formula is C14H6Cl3N3. The van der Waals surface area contributed by atoms with Crippen molar-refractivity contribution >= 4 is 46.2 Å². The van der Waals surface area contributed by atoms with Gasteiger partial charge in [-0.05, 0) is 12.1 Å². The molecule has 6 heteroatoms. The molecule has 2 aromatic rings. The summed E-state index contributed by atoms with van der Waals surface area (Å²) in [6.07, 6.45) is 0. The van der Waals surface area contributed by atoms with Crippen LogP contribution in [0.1, 0.15) is 11.1 Å². The number of rotatable bonds is 2. The lowest BCUT2D eigenvalue weighted by atomic mass is 10.1. The number of halogens is 3. The molecule has 0 fully saturated rings. The highest BCUT2D eigenvalue weighted by atomic mass is 35.5. The quantitative estimate of drug-likeness (QED) is 0.779. The van der Waals surface area contributed by atoms with Gasteiger partial charge in [-0.15, -0.1) is 0 Å². The van der Waals surface area contributed by atoms with E-state index in [1.165, 1.54) is 0 Å². The fourth-order valence-corrected chi connectivity index (χ4v) is 2.44.